The van der Waals surface area contributed by atoms with Crippen LogP contribution >= 0.6 is 0 Å². The Kier molecular flexibility index (Phi) is 7.66. The zero-order chi connectivity index (χ0) is 29.0. The van der Waals surface area contributed by atoms with Gasteiger partial charge in [-0.1, -0.05) is 30.3 Å². The van der Waals surface area contributed by atoms with Crippen LogP contribution in [0.15, 0.2) is 101 Å². The average molecular weight is 572 g/mol. The second-order valence-corrected chi connectivity index (χ2v) is 10.3. The summed E-state index contributed by atoms with van der Waals surface area (Å²) < 4.78 is 44.3. The van der Waals surface area contributed by atoms with E-state index in [2.05, 4.69) is 19.7 Å². The van der Waals surface area contributed by atoms with Crippen molar-refractivity contribution in [3.63, 3.8) is 0 Å². The summed E-state index contributed by atoms with van der Waals surface area (Å²) in [4.78, 5) is 27.6. The van der Waals surface area contributed by atoms with Crippen LogP contribution in [0.4, 0.5) is 11.6 Å². The summed E-state index contributed by atoms with van der Waals surface area (Å²) in [6.07, 6.45) is 4.49. The third-order valence-corrected chi connectivity index (χ3v) is 7.42. The number of anilines is 2. The molecule has 1 N–H and O–H groups in total. The van der Waals surface area contributed by atoms with Gasteiger partial charge in [-0.05, 0) is 54.1 Å². The predicted molar refractivity (Wildman–Crippen MR) is 154 cm³/mol. The van der Waals surface area contributed by atoms with Gasteiger partial charge in [-0.15, -0.1) is 0 Å². The predicted octanol–water partition coefficient (Wildman–Crippen LogP) is 4.14. The number of benzene rings is 3. The van der Waals surface area contributed by atoms with Gasteiger partial charge < -0.3 is 14.2 Å². The minimum atomic E-state index is -3.96. The lowest BCUT2D eigenvalue weighted by Gasteiger charge is -2.19. The molecule has 0 saturated carbocycles. The van der Waals surface area contributed by atoms with Crippen LogP contribution in [0.1, 0.15) is 11.1 Å². The van der Waals surface area contributed by atoms with Crippen molar-refractivity contribution < 1.29 is 27.4 Å². The second kappa shape index (κ2) is 11.5. The first-order valence-corrected chi connectivity index (χ1v) is 13.7. The highest BCUT2D eigenvalue weighted by Crippen LogP contribution is 2.39. The van der Waals surface area contributed by atoms with Crippen molar-refractivity contribution in [1.29, 1.82) is 0 Å². The van der Waals surface area contributed by atoms with Crippen molar-refractivity contribution in [3.05, 3.63) is 102 Å². The van der Waals surface area contributed by atoms with Crippen LogP contribution < -0.4 is 23.8 Å². The van der Waals surface area contributed by atoms with E-state index in [9.17, 15) is 13.2 Å². The highest BCUT2D eigenvalue weighted by molar-refractivity contribution is 7.92. The second-order valence-electron chi connectivity index (χ2n) is 8.60. The van der Waals surface area contributed by atoms with E-state index in [-0.39, 0.29) is 16.5 Å². The van der Waals surface area contributed by atoms with Crippen LogP contribution in [-0.4, -0.2) is 51.5 Å². The van der Waals surface area contributed by atoms with Crippen molar-refractivity contribution in [2.24, 2.45) is 4.99 Å². The van der Waals surface area contributed by atoms with E-state index in [1.54, 1.807) is 36.4 Å². The van der Waals surface area contributed by atoms with Gasteiger partial charge >= 0.3 is 0 Å². The summed E-state index contributed by atoms with van der Waals surface area (Å²) in [5.41, 5.74) is 1.91. The van der Waals surface area contributed by atoms with Crippen LogP contribution in [0, 0.1) is 0 Å². The van der Waals surface area contributed by atoms with Gasteiger partial charge in [0.25, 0.3) is 15.9 Å². The lowest BCUT2D eigenvalue weighted by Crippen LogP contribution is -2.32. The molecule has 11 nitrogen and oxygen atoms in total. The van der Waals surface area contributed by atoms with Crippen LogP contribution in [0.25, 0.3) is 6.08 Å². The molecule has 1 amide bonds. The first kappa shape index (κ1) is 27.3. The molecule has 41 heavy (non-hydrogen) atoms. The number of rotatable bonds is 9. The van der Waals surface area contributed by atoms with Gasteiger partial charge in [0.05, 0.1) is 31.9 Å². The monoisotopic (exact) mass is 571 g/mol. The number of nitrogens with zero attached hydrogens (tertiary/aromatic N) is 4. The molecule has 0 aliphatic carbocycles. The minimum absolute atomic E-state index is 0.0215. The number of amides is 1. The van der Waals surface area contributed by atoms with Crippen molar-refractivity contribution in [3.8, 4) is 17.2 Å². The van der Waals surface area contributed by atoms with Crippen LogP contribution in [0.3, 0.4) is 0 Å². The summed E-state index contributed by atoms with van der Waals surface area (Å²) in [5.74, 6) is 1.23. The molecule has 3 aromatic carbocycles. The molecular weight excluding hydrogens is 546 g/mol. The van der Waals surface area contributed by atoms with Crippen molar-refractivity contribution in [2.75, 3.05) is 31.0 Å². The Labute approximate surface area is 236 Å². The average Bonchev–Trinajstić information content (AvgIpc) is 3.32. The fraction of sp³-hybridized carbons (Fsp3) is 0.103. The Balaban J connectivity index is 1.52. The fourth-order valence-corrected chi connectivity index (χ4v) is 5.14. The first-order valence-electron chi connectivity index (χ1n) is 12.2. The van der Waals surface area contributed by atoms with E-state index in [0.29, 0.717) is 39.9 Å². The van der Waals surface area contributed by atoms with Gasteiger partial charge in [-0.3, -0.25) is 9.69 Å². The number of aliphatic imine (C=N–C) groups is 1. The number of nitrogens with one attached hydrogen (secondary N) is 1. The lowest BCUT2D eigenvalue weighted by molar-refractivity contribution is -0.113. The molecule has 0 unspecified atom stereocenters. The molecule has 1 aliphatic rings. The third kappa shape index (κ3) is 5.58. The van der Waals surface area contributed by atoms with Gasteiger partial charge in [-0.25, -0.2) is 28.1 Å². The fourth-order valence-electron chi connectivity index (χ4n) is 4.18. The SMILES string of the molecule is COc1cc(/C=C2/N=C(c3ccccc3)N(c3ccc(S(=O)(=O)Nc4ncccn4)cc3)C2=O)cc(OC)c1OC. The molecule has 0 spiro atoms. The molecule has 208 valence electrons. The van der Waals surface area contributed by atoms with Gasteiger partial charge in [0.2, 0.25) is 11.7 Å². The third-order valence-electron chi connectivity index (χ3n) is 6.08. The number of hydrogen-bond donors (Lipinski definition) is 1. The first-order chi connectivity index (χ1) is 19.8. The van der Waals surface area contributed by atoms with E-state index in [1.807, 2.05) is 30.3 Å². The van der Waals surface area contributed by atoms with Crippen LogP contribution in [-0.2, 0) is 14.8 Å². The Morgan fingerprint density at radius 3 is 2.05 bits per heavy atom. The Hall–Kier alpha value is -5.23. The van der Waals surface area contributed by atoms with Crippen molar-refractivity contribution >= 4 is 39.5 Å². The van der Waals surface area contributed by atoms with Gasteiger partial charge in [-0.2, -0.15) is 0 Å². The molecule has 0 atom stereocenters. The van der Waals surface area contributed by atoms with Crippen LogP contribution in [0.2, 0.25) is 0 Å². The molecular formula is C29H25N5O6S. The lowest BCUT2D eigenvalue weighted by atomic mass is 10.1. The van der Waals surface area contributed by atoms with Crippen LogP contribution in [0.5, 0.6) is 17.2 Å². The van der Waals surface area contributed by atoms with Gasteiger partial charge in [0, 0.05) is 18.0 Å². The maximum Gasteiger partial charge on any atom is 0.282 e. The smallest absolute Gasteiger partial charge is 0.282 e. The maximum atomic E-state index is 13.8. The maximum absolute atomic E-state index is 13.8. The quantitative estimate of drug-likeness (QED) is 0.297. The number of carbonyl (C=O) groups is 1. The summed E-state index contributed by atoms with van der Waals surface area (Å²) >= 11 is 0. The van der Waals surface area contributed by atoms with E-state index < -0.39 is 15.9 Å². The van der Waals surface area contributed by atoms with Crippen molar-refractivity contribution in [1.82, 2.24) is 9.97 Å². The molecule has 1 aromatic heterocycles. The number of hydrogen-bond acceptors (Lipinski definition) is 9. The highest BCUT2D eigenvalue weighted by Gasteiger charge is 2.33. The molecule has 2 heterocycles. The summed E-state index contributed by atoms with van der Waals surface area (Å²) in [6, 6.07) is 20.1. The summed E-state index contributed by atoms with van der Waals surface area (Å²) in [5, 5.41) is 0. The molecule has 12 heteroatoms. The summed E-state index contributed by atoms with van der Waals surface area (Å²) in [7, 11) is 0.569. The summed E-state index contributed by atoms with van der Waals surface area (Å²) in [6.45, 7) is 0. The Morgan fingerprint density at radius 2 is 1.46 bits per heavy atom. The minimum Gasteiger partial charge on any atom is -0.493 e. The number of sulfonamides is 1. The van der Waals surface area contributed by atoms with Crippen molar-refractivity contribution in [2.45, 2.75) is 4.90 Å². The zero-order valence-corrected chi connectivity index (χ0v) is 23.1. The Bertz CT molecular complexity index is 1720. The zero-order valence-electron chi connectivity index (χ0n) is 22.3. The molecule has 4 aromatic rings. The molecule has 0 radical (unpaired) electrons. The van der Waals surface area contributed by atoms with Gasteiger partial charge in [0.1, 0.15) is 11.5 Å². The molecule has 0 fully saturated rings. The molecule has 5 rings (SSSR count). The topological polar surface area (TPSA) is 132 Å². The molecule has 0 bridgehead atoms. The molecule has 0 saturated heterocycles. The van der Waals surface area contributed by atoms with E-state index >= 15 is 0 Å². The molecule has 1 aliphatic heterocycles. The highest BCUT2D eigenvalue weighted by atomic mass is 32.2. The Morgan fingerprint density at radius 1 is 0.829 bits per heavy atom. The largest absolute Gasteiger partial charge is 0.493 e. The number of amidine groups is 1. The number of ether oxygens (including phenoxy) is 3. The van der Waals surface area contributed by atoms with E-state index in [0.717, 1.165) is 0 Å². The number of carbonyl (C=O) groups excluding carboxylic acids is 1. The van der Waals surface area contributed by atoms with E-state index in [4.69, 9.17) is 14.2 Å². The normalized spacial score (nSPS) is 14.1. The number of methoxy groups -OCH3 is 3. The standard InChI is InChI=1S/C29H25N5O6S/c1-38-24-17-19(18-25(39-2)26(24)40-3)16-23-28(35)34(27(32-23)20-8-5-4-6-9-20)21-10-12-22(13-11-21)41(36,37)33-29-30-14-7-15-31-29/h4-18H,1-3H3,(H,30,31,33)/b23-16+. The number of aromatic nitrogens is 2. The van der Waals surface area contributed by atoms with Gasteiger partial charge in [0.15, 0.2) is 11.5 Å². The van der Waals surface area contributed by atoms with E-state index in [1.165, 1.54) is 50.8 Å².